The normalized spacial score (nSPS) is 29.1. The second kappa shape index (κ2) is 6.87. The van der Waals surface area contributed by atoms with Crippen LogP contribution < -0.4 is 0 Å². The molecule has 2 heterocycles. The highest BCUT2D eigenvalue weighted by Gasteiger charge is 2.32. The van der Waals surface area contributed by atoms with E-state index in [9.17, 15) is 13.2 Å². The van der Waals surface area contributed by atoms with Gasteiger partial charge in [0.1, 0.15) is 0 Å². The van der Waals surface area contributed by atoms with Crippen molar-refractivity contribution < 1.29 is 23.1 Å². The standard InChI is InChI=1S/C13H23NO5S/c15-13(16)9-14(11-5-8-20(17,18)10-11)6-1-3-12-4-2-7-19-12/h11-12H,1-10H2,(H,15,16). The molecule has 0 aromatic rings. The summed E-state index contributed by atoms with van der Waals surface area (Å²) in [5.41, 5.74) is 0. The van der Waals surface area contributed by atoms with Crippen molar-refractivity contribution >= 4 is 15.8 Å². The first kappa shape index (κ1) is 15.7. The SMILES string of the molecule is O=C(O)CN(CCCC1CCCO1)C1CCS(=O)(=O)C1. The van der Waals surface area contributed by atoms with Crippen LogP contribution in [0.1, 0.15) is 32.1 Å². The molecule has 2 aliphatic rings. The molecule has 2 rings (SSSR count). The summed E-state index contributed by atoms with van der Waals surface area (Å²) in [5.74, 6) is -0.619. The first-order chi connectivity index (χ1) is 9.46. The second-order valence-corrected chi connectivity index (χ2v) is 7.93. The number of nitrogens with zero attached hydrogens (tertiary/aromatic N) is 1. The molecule has 2 atom stereocenters. The van der Waals surface area contributed by atoms with Gasteiger partial charge in [-0.1, -0.05) is 0 Å². The summed E-state index contributed by atoms with van der Waals surface area (Å²) < 4.78 is 28.6. The zero-order chi connectivity index (χ0) is 14.6. The molecule has 20 heavy (non-hydrogen) atoms. The number of sulfone groups is 1. The van der Waals surface area contributed by atoms with Gasteiger partial charge in [-0.3, -0.25) is 9.69 Å². The highest BCUT2D eigenvalue weighted by atomic mass is 32.2. The van der Waals surface area contributed by atoms with Crippen molar-refractivity contribution in [3.8, 4) is 0 Å². The number of carbonyl (C=O) groups is 1. The largest absolute Gasteiger partial charge is 0.480 e. The van der Waals surface area contributed by atoms with Crippen molar-refractivity contribution in [2.75, 3.05) is 31.2 Å². The Morgan fingerprint density at radius 1 is 1.35 bits per heavy atom. The topological polar surface area (TPSA) is 83.9 Å². The van der Waals surface area contributed by atoms with E-state index < -0.39 is 15.8 Å². The van der Waals surface area contributed by atoms with Gasteiger partial charge in [0.25, 0.3) is 0 Å². The summed E-state index contributed by atoms with van der Waals surface area (Å²) >= 11 is 0. The third kappa shape index (κ3) is 4.71. The van der Waals surface area contributed by atoms with Crippen LogP contribution in [0.4, 0.5) is 0 Å². The summed E-state index contributed by atoms with van der Waals surface area (Å²) in [6, 6.07) is -0.138. The van der Waals surface area contributed by atoms with E-state index >= 15 is 0 Å². The third-order valence-corrected chi connectivity index (χ3v) is 5.81. The van der Waals surface area contributed by atoms with E-state index in [0.29, 0.717) is 19.1 Å². The fourth-order valence-corrected chi connectivity index (χ4v) is 4.78. The molecule has 0 bridgehead atoms. The van der Waals surface area contributed by atoms with E-state index in [1.807, 2.05) is 4.90 Å². The number of hydrogen-bond donors (Lipinski definition) is 1. The fourth-order valence-electron chi connectivity index (χ4n) is 3.02. The Kier molecular flexibility index (Phi) is 5.40. The summed E-state index contributed by atoms with van der Waals surface area (Å²) in [6.07, 6.45) is 4.81. The summed E-state index contributed by atoms with van der Waals surface area (Å²) in [7, 11) is -2.98. The molecule has 2 unspecified atom stereocenters. The highest BCUT2D eigenvalue weighted by Crippen LogP contribution is 2.20. The minimum absolute atomic E-state index is 0.0777. The van der Waals surface area contributed by atoms with Crippen LogP contribution in [0.5, 0.6) is 0 Å². The molecule has 0 aromatic carbocycles. The molecule has 0 aliphatic carbocycles. The Morgan fingerprint density at radius 2 is 2.15 bits per heavy atom. The van der Waals surface area contributed by atoms with E-state index in [0.717, 1.165) is 32.3 Å². The molecular formula is C13H23NO5S. The van der Waals surface area contributed by atoms with Crippen LogP contribution in [0.25, 0.3) is 0 Å². The molecule has 6 nitrogen and oxygen atoms in total. The zero-order valence-corrected chi connectivity index (χ0v) is 12.5. The average molecular weight is 305 g/mol. The zero-order valence-electron chi connectivity index (χ0n) is 11.7. The number of hydrogen-bond acceptors (Lipinski definition) is 5. The molecule has 0 aromatic heterocycles. The van der Waals surface area contributed by atoms with Gasteiger partial charge in [0.2, 0.25) is 0 Å². The van der Waals surface area contributed by atoms with Crippen LogP contribution in [0.2, 0.25) is 0 Å². The van der Waals surface area contributed by atoms with Gasteiger partial charge in [-0.05, 0) is 38.6 Å². The first-order valence-corrected chi connectivity index (χ1v) is 9.06. The quantitative estimate of drug-likeness (QED) is 0.738. The Balaban J connectivity index is 1.82. The van der Waals surface area contributed by atoms with E-state index in [1.165, 1.54) is 0 Å². The molecule has 116 valence electrons. The Morgan fingerprint density at radius 3 is 2.70 bits per heavy atom. The van der Waals surface area contributed by atoms with Gasteiger partial charge in [-0.25, -0.2) is 8.42 Å². The Hall–Kier alpha value is -0.660. The van der Waals surface area contributed by atoms with Gasteiger partial charge < -0.3 is 9.84 Å². The maximum Gasteiger partial charge on any atom is 0.317 e. The first-order valence-electron chi connectivity index (χ1n) is 7.24. The number of rotatable bonds is 7. The molecule has 0 radical (unpaired) electrons. The van der Waals surface area contributed by atoms with Crippen LogP contribution >= 0.6 is 0 Å². The van der Waals surface area contributed by atoms with Crippen molar-refractivity contribution in [2.24, 2.45) is 0 Å². The third-order valence-electron chi connectivity index (χ3n) is 4.06. The number of aliphatic carboxylic acids is 1. The molecule has 7 heteroatoms. The molecule has 0 spiro atoms. The van der Waals surface area contributed by atoms with Crippen LogP contribution in [0.3, 0.4) is 0 Å². The predicted octanol–water partition coefficient (Wildman–Crippen LogP) is 0.519. The minimum Gasteiger partial charge on any atom is -0.480 e. The van der Waals surface area contributed by atoms with Crippen molar-refractivity contribution in [3.05, 3.63) is 0 Å². The van der Waals surface area contributed by atoms with E-state index in [1.54, 1.807) is 0 Å². The Bertz CT molecular complexity index is 430. The van der Waals surface area contributed by atoms with Crippen LogP contribution in [0.15, 0.2) is 0 Å². The van der Waals surface area contributed by atoms with Crippen molar-refractivity contribution in [2.45, 2.75) is 44.2 Å². The van der Waals surface area contributed by atoms with Crippen LogP contribution in [-0.4, -0.2) is 67.7 Å². The van der Waals surface area contributed by atoms with E-state index in [4.69, 9.17) is 9.84 Å². The van der Waals surface area contributed by atoms with E-state index in [-0.39, 0.29) is 24.1 Å². The lowest BCUT2D eigenvalue weighted by Crippen LogP contribution is -2.40. The van der Waals surface area contributed by atoms with Crippen molar-refractivity contribution in [1.82, 2.24) is 4.90 Å². The van der Waals surface area contributed by atoms with Crippen molar-refractivity contribution in [3.63, 3.8) is 0 Å². The molecular weight excluding hydrogens is 282 g/mol. The average Bonchev–Trinajstić information content (AvgIpc) is 2.97. The maximum absolute atomic E-state index is 11.5. The van der Waals surface area contributed by atoms with E-state index in [2.05, 4.69) is 0 Å². The maximum atomic E-state index is 11.5. The summed E-state index contributed by atoms with van der Waals surface area (Å²) in [6.45, 7) is 1.38. The van der Waals surface area contributed by atoms with Gasteiger partial charge in [0.05, 0.1) is 24.2 Å². The lowest BCUT2D eigenvalue weighted by Gasteiger charge is -2.26. The minimum atomic E-state index is -2.98. The monoisotopic (exact) mass is 305 g/mol. The van der Waals surface area contributed by atoms with Crippen LogP contribution in [0, 0.1) is 0 Å². The van der Waals surface area contributed by atoms with Gasteiger partial charge >= 0.3 is 5.97 Å². The molecule has 2 saturated heterocycles. The predicted molar refractivity (Wildman–Crippen MR) is 74.5 cm³/mol. The Labute approximate surface area is 120 Å². The van der Waals surface area contributed by atoms with Gasteiger partial charge in [-0.2, -0.15) is 0 Å². The summed E-state index contributed by atoms with van der Waals surface area (Å²) in [5, 5.41) is 8.97. The second-order valence-electron chi connectivity index (χ2n) is 5.70. The lowest BCUT2D eigenvalue weighted by atomic mass is 10.1. The number of carboxylic acid groups (broad SMARTS) is 1. The fraction of sp³-hybridized carbons (Fsp3) is 0.923. The summed E-state index contributed by atoms with van der Waals surface area (Å²) in [4.78, 5) is 12.7. The van der Waals surface area contributed by atoms with Gasteiger partial charge in [0, 0.05) is 12.6 Å². The van der Waals surface area contributed by atoms with Crippen molar-refractivity contribution in [1.29, 1.82) is 0 Å². The molecule has 2 aliphatic heterocycles. The smallest absolute Gasteiger partial charge is 0.317 e. The number of carboxylic acids is 1. The van der Waals surface area contributed by atoms with Gasteiger partial charge in [-0.15, -0.1) is 0 Å². The van der Waals surface area contributed by atoms with Crippen LogP contribution in [-0.2, 0) is 19.4 Å². The highest BCUT2D eigenvalue weighted by molar-refractivity contribution is 7.91. The molecule has 2 fully saturated rings. The van der Waals surface area contributed by atoms with Gasteiger partial charge in [0.15, 0.2) is 9.84 Å². The lowest BCUT2D eigenvalue weighted by molar-refractivity contribution is -0.138. The molecule has 1 N–H and O–H groups in total. The molecule has 0 amide bonds. The number of ether oxygens (including phenoxy) is 1. The molecule has 0 saturated carbocycles.